The summed E-state index contributed by atoms with van der Waals surface area (Å²) < 4.78 is 11.1. The maximum Gasteiger partial charge on any atom is 0.199 e. The fourth-order valence-electron chi connectivity index (χ4n) is 2.44. The van der Waals surface area contributed by atoms with E-state index in [4.69, 9.17) is 9.47 Å². The summed E-state index contributed by atoms with van der Waals surface area (Å²) in [6.07, 6.45) is -1.40. The molecule has 2 atom stereocenters. The highest BCUT2D eigenvalue weighted by atomic mass is 16.5. The topological polar surface area (TPSA) is 76.0 Å². The number of aromatic hydroxyl groups is 2. The van der Waals surface area contributed by atoms with Crippen molar-refractivity contribution < 1.29 is 24.5 Å². The molecular weight excluding hydrogens is 272 g/mol. The SMILES string of the molecule is CO[C@@H]1C(=O)c2ccc(O)cc2O[C@H]1c1ccc(O)cc1. The Labute approximate surface area is 121 Å². The van der Waals surface area contributed by atoms with E-state index in [9.17, 15) is 15.0 Å². The van der Waals surface area contributed by atoms with Crippen LogP contribution < -0.4 is 4.74 Å². The van der Waals surface area contributed by atoms with E-state index in [0.29, 0.717) is 16.9 Å². The van der Waals surface area contributed by atoms with Crippen molar-refractivity contribution in [2.45, 2.75) is 12.2 Å². The second-order valence-electron chi connectivity index (χ2n) is 4.83. The van der Waals surface area contributed by atoms with Crippen LogP contribution in [0.1, 0.15) is 22.0 Å². The van der Waals surface area contributed by atoms with Crippen LogP contribution in [0.3, 0.4) is 0 Å². The van der Waals surface area contributed by atoms with Crippen molar-refractivity contribution in [3.63, 3.8) is 0 Å². The number of ketones is 1. The predicted molar refractivity (Wildman–Crippen MR) is 74.7 cm³/mol. The van der Waals surface area contributed by atoms with Gasteiger partial charge in [0.2, 0.25) is 0 Å². The molecule has 0 aliphatic carbocycles. The highest BCUT2D eigenvalue weighted by Crippen LogP contribution is 2.38. The minimum Gasteiger partial charge on any atom is -0.508 e. The Kier molecular flexibility index (Phi) is 3.27. The molecule has 0 amide bonds. The molecule has 0 bridgehead atoms. The van der Waals surface area contributed by atoms with E-state index in [1.165, 1.54) is 37.4 Å². The first kappa shape index (κ1) is 13.5. The highest BCUT2D eigenvalue weighted by molar-refractivity contribution is 6.03. The number of rotatable bonds is 2. The average Bonchev–Trinajstić information content (AvgIpc) is 2.47. The van der Waals surface area contributed by atoms with Gasteiger partial charge in [-0.25, -0.2) is 0 Å². The maximum absolute atomic E-state index is 12.5. The third kappa shape index (κ3) is 2.32. The summed E-state index contributed by atoms with van der Waals surface area (Å²) in [5.41, 5.74) is 1.09. The number of fused-ring (bicyclic) bond motifs is 1. The second-order valence-corrected chi connectivity index (χ2v) is 4.83. The van der Waals surface area contributed by atoms with Crippen molar-refractivity contribution in [1.29, 1.82) is 0 Å². The smallest absolute Gasteiger partial charge is 0.199 e. The summed E-state index contributed by atoms with van der Waals surface area (Å²) in [7, 11) is 1.45. The number of methoxy groups -OCH3 is 1. The minimum atomic E-state index is -0.772. The zero-order chi connectivity index (χ0) is 15.0. The summed E-state index contributed by atoms with van der Waals surface area (Å²) in [4.78, 5) is 12.5. The van der Waals surface area contributed by atoms with Crippen LogP contribution in [-0.2, 0) is 4.74 Å². The van der Waals surface area contributed by atoms with E-state index in [-0.39, 0.29) is 17.3 Å². The van der Waals surface area contributed by atoms with Gasteiger partial charge in [-0.05, 0) is 29.8 Å². The van der Waals surface area contributed by atoms with Gasteiger partial charge in [0.05, 0.1) is 5.56 Å². The van der Waals surface area contributed by atoms with Gasteiger partial charge in [0.1, 0.15) is 17.2 Å². The van der Waals surface area contributed by atoms with Gasteiger partial charge in [0, 0.05) is 13.2 Å². The Morgan fingerprint density at radius 2 is 1.71 bits per heavy atom. The molecule has 108 valence electrons. The van der Waals surface area contributed by atoms with E-state index in [0.717, 1.165) is 0 Å². The average molecular weight is 286 g/mol. The normalized spacial score (nSPS) is 20.7. The number of hydrogen-bond donors (Lipinski definition) is 2. The fourth-order valence-corrected chi connectivity index (χ4v) is 2.44. The lowest BCUT2D eigenvalue weighted by atomic mass is 9.93. The first-order chi connectivity index (χ1) is 10.1. The molecular formula is C16H14O5. The zero-order valence-electron chi connectivity index (χ0n) is 11.3. The van der Waals surface area contributed by atoms with Crippen LogP contribution in [-0.4, -0.2) is 29.2 Å². The molecule has 1 aliphatic heterocycles. The summed E-state index contributed by atoms with van der Waals surface area (Å²) in [5.74, 6) is 0.290. The molecule has 0 saturated carbocycles. The standard InChI is InChI=1S/C16H14O5/c1-20-16-14(19)12-7-6-11(18)8-13(12)21-15(16)9-2-4-10(17)5-3-9/h2-8,15-18H,1H3/t15-,16+/m0/s1. The van der Waals surface area contributed by atoms with Crippen molar-refractivity contribution >= 4 is 5.78 Å². The summed E-state index contributed by atoms with van der Waals surface area (Å²) >= 11 is 0. The van der Waals surface area contributed by atoms with E-state index in [1.807, 2.05) is 0 Å². The molecule has 2 N–H and O–H groups in total. The largest absolute Gasteiger partial charge is 0.508 e. The van der Waals surface area contributed by atoms with Crippen molar-refractivity contribution in [2.75, 3.05) is 7.11 Å². The van der Waals surface area contributed by atoms with Gasteiger partial charge in [-0.1, -0.05) is 12.1 Å². The molecule has 0 fully saturated rings. The Morgan fingerprint density at radius 3 is 2.38 bits per heavy atom. The summed E-state index contributed by atoms with van der Waals surface area (Å²) in [6.45, 7) is 0. The Balaban J connectivity index is 2.05. The first-order valence-corrected chi connectivity index (χ1v) is 6.46. The molecule has 21 heavy (non-hydrogen) atoms. The number of carbonyl (C=O) groups is 1. The third-order valence-corrected chi connectivity index (χ3v) is 3.49. The molecule has 3 rings (SSSR count). The van der Waals surface area contributed by atoms with Crippen LogP contribution in [0.5, 0.6) is 17.2 Å². The Bertz CT molecular complexity index is 678. The molecule has 0 radical (unpaired) electrons. The number of phenolic OH excluding ortho intramolecular Hbond substituents is 2. The van der Waals surface area contributed by atoms with Crippen LogP contribution in [0.25, 0.3) is 0 Å². The van der Waals surface area contributed by atoms with Crippen molar-refractivity contribution in [2.24, 2.45) is 0 Å². The number of carbonyl (C=O) groups excluding carboxylic acids is 1. The molecule has 0 saturated heterocycles. The molecule has 1 heterocycles. The molecule has 0 aromatic heterocycles. The van der Waals surface area contributed by atoms with Gasteiger partial charge in [0.25, 0.3) is 0 Å². The molecule has 5 nitrogen and oxygen atoms in total. The number of hydrogen-bond acceptors (Lipinski definition) is 5. The zero-order valence-corrected chi connectivity index (χ0v) is 11.3. The quantitative estimate of drug-likeness (QED) is 0.886. The lowest BCUT2D eigenvalue weighted by molar-refractivity contribution is -0.000685. The maximum atomic E-state index is 12.5. The van der Waals surface area contributed by atoms with Gasteiger partial charge >= 0.3 is 0 Å². The van der Waals surface area contributed by atoms with Gasteiger partial charge in [-0.3, -0.25) is 4.79 Å². The van der Waals surface area contributed by atoms with E-state index < -0.39 is 12.2 Å². The third-order valence-electron chi connectivity index (χ3n) is 3.49. The first-order valence-electron chi connectivity index (χ1n) is 6.46. The van der Waals surface area contributed by atoms with Crippen LogP contribution >= 0.6 is 0 Å². The van der Waals surface area contributed by atoms with Crippen molar-refractivity contribution in [3.05, 3.63) is 53.6 Å². The van der Waals surface area contributed by atoms with Gasteiger partial charge in [-0.15, -0.1) is 0 Å². The fraction of sp³-hybridized carbons (Fsp3) is 0.188. The van der Waals surface area contributed by atoms with Gasteiger partial charge < -0.3 is 19.7 Å². The summed E-state index contributed by atoms with van der Waals surface area (Å²) in [6, 6.07) is 10.8. The lowest BCUT2D eigenvalue weighted by Gasteiger charge is -2.31. The van der Waals surface area contributed by atoms with Crippen molar-refractivity contribution in [1.82, 2.24) is 0 Å². The van der Waals surface area contributed by atoms with Crippen molar-refractivity contribution in [3.8, 4) is 17.2 Å². The monoisotopic (exact) mass is 286 g/mol. The Hall–Kier alpha value is -2.53. The van der Waals surface area contributed by atoms with Gasteiger partial charge in [0.15, 0.2) is 18.0 Å². The van der Waals surface area contributed by atoms with Crippen LogP contribution in [0, 0.1) is 0 Å². The second kappa shape index (κ2) is 5.10. The number of benzene rings is 2. The molecule has 2 aromatic carbocycles. The molecule has 0 unspecified atom stereocenters. The number of Topliss-reactive ketones (excluding diaryl/α,β-unsaturated/α-hetero) is 1. The summed E-state index contributed by atoms with van der Waals surface area (Å²) in [5, 5.41) is 18.9. The molecule has 1 aliphatic rings. The van der Waals surface area contributed by atoms with E-state index in [1.54, 1.807) is 12.1 Å². The van der Waals surface area contributed by atoms with Crippen LogP contribution in [0.4, 0.5) is 0 Å². The highest BCUT2D eigenvalue weighted by Gasteiger charge is 2.38. The molecule has 2 aromatic rings. The predicted octanol–water partition coefficient (Wildman–Crippen LogP) is 2.43. The molecule has 5 heteroatoms. The van der Waals surface area contributed by atoms with E-state index in [2.05, 4.69) is 0 Å². The number of ether oxygens (including phenoxy) is 2. The van der Waals surface area contributed by atoms with Gasteiger partial charge in [-0.2, -0.15) is 0 Å². The van der Waals surface area contributed by atoms with Crippen LogP contribution in [0.15, 0.2) is 42.5 Å². The van der Waals surface area contributed by atoms with E-state index >= 15 is 0 Å². The lowest BCUT2D eigenvalue weighted by Crippen LogP contribution is -2.37. The Morgan fingerprint density at radius 1 is 1.05 bits per heavy atom. The van der Waals surface area contributed by atoms with Crippen LogP contribution in [0.2, 0.25) is 0 Å². The minimum absolute atomic E-state index is 0.0295. The number of phenols is 2. The molecule has 0 spiro atoms.